The average Bonchev–Trinajstić information content (AvgIpc) is 3.33. The van der Waals surface area contributed by atoms with Crippen LogP contribution in [0.3, 0.4) is 0 Å². The molecule has 23 heavy (non-hydrogen) atoms. The Morgan fingerprint density at radius 2 is 1.43 bits per heavy atom. The fraction of sp³-hybridized carbons (Fsp3) is 1.00. The molecule has 0 aromatic rings. The topological polar surface area (TPSA) is 55.9 Å². The van der Waals surface area contributed by atoms with Gasteiger partial charge in [-0.3, -0.25) is 4.18 Å². The van der Waals surface area contributed by atoms with Gasteiger partial charge in [0, 0.05) is 0 Å². The Morgan fingerprint density at radius 3 is 2.09 bits per heavy atom. The van der Waals surface area contributed by atoms with Crippen molar-refractivity contribution in [3.05, 3.63) is 0 Å². The second-order valence-electron chi connectivity index (χ2n) is 6.72. The van der Waals surface area contributed by atoms with Gasteiger partial charge in [0.15, 0.2) is 0 Å². The molecule has 1 fully saturated rings. The molecule has 1 atom stereocenters. The van der Waals surface area contributed by atoms with E-state index in [1.165, 1.54) is 38.5 Å². The van der Waals surface area contributed by atoms with Gasteiger partial charge >= 0.3 is 0 Å². The third-order valence-corrected chi connectivity index (χ3v) is 5.65. The Bertz CT molecular complexity index is 363. The second-order valence-corrected chi connectivity index (χ2v) is 8.48. The van der Waals surface area contributed by atoms with Crippen molar-refractivity contribution in [2.45, 2.75) is 96.5 Å². The first-order valence-electron chi connectivity index (χ1n) is 9.63. The smallest absolute Gasteiger partial charge is 0.267 e. The van der Waals surface area contributed by atoms with Gasteiger partial charge in [0.2, 0.25) is 0 Å². The summed E-state index contributed by atoms with van der Waals surface area (Å²) in [5.41, 5.74) is 0. The first-order valence-corrected chi connectivity index (χ1v) is 11.2. The van der Waals surface area contributed by atoms with Crippen LogP contribution >= 0.6 is 0 Å². The van der Waals surface area contributed by atoms with E-state index >= 15 is 0 Å². The molecule has 0 amide bonds. The lowest BCUT2D eigenvalue weighted by Gasteiger charge is -2.06. The minimum Gasteiger partial charge on any atom is -0.373 e. The molecule has 1 aliphatic rings. The van der Waals surface area contributed by atoms with E-state index in [0.29, 0.717) is 12.7 Å². The van der Waals surface area contributed by atoms with Crippen molar-refractivity contribution >= 4 is 10.1 Å². The molecule has 1 unspecified atom stereocenters. The van der Waals surface area contributed by atoms with Gasteiger partial charge in [-0.05, 0) is 19.3 Å². The van der Waals surface area contributed by atoms with Gasteiger partial charge in [0.1, 0.15) is 0 Å². The summed E-state index contributed by atoms with van der Waals surface area (Å²) in [6.07, 6.45) is 15.1. The van der Waals surface area contributed by atoms with Crippen LogP contribution in [0.5, 0.6) is 0 Å². The monoisotopic (exact) mass is 348 g/mol. The summed E-state index contributed by atoms with van der Waals surface area (Å²) in [6, 6.07) is 0. The van der Waals surface area contributed by atoms with Crippen LogP contribution in [-0.4, -0.2) is 33.5 Å². The molecule has 1 aliphatic heterocycles. The van der Waals surface area contributed by atoms with E-state index in [0.717, 1.165) is 51.6 Å². The highest BCUT2D eigenvalue weighted by atomic mass is 32.2. The fourth-order valence-electron chi connectivity index (χ4n) is 2.72. The molecule has 0 aromatic carbocycles. The lowest BCUT2D eigenvalue weighted by molar-refractivity contribution is 0.304. The van der Waals surface area contributed by atoms with Crippen molar-refractivity contribution in [3.8, 4) is 0 Å². The van der Waals surface area contributed by atoms with Crippen LogP contribution in [-0.2, 0) is 19.0 Å². The van der Waals surface area contributed by atoms with Gasteiger partial charge in [-0.25, -0.2) is 0 Å². The molecule has 0 radical (unpaired) electrons. The zero-order chi connectivity index (χ0) is 16.8. The van der Waals surface area contributed by atoms with Crippen molar-refractivity contribution in [2.75, 3.05) is 19.0 Å². The van der Waals surface area contributed by atoms with E-state index < -0.39 is 10.1 Å². The number of hydrogen-bond donors (Lipinski definition) is 0. The Hall–Kier alpha value is -0.130. The lowest BCUT2D eigenvalue weighted by atomic mass is 10.1. The SMILES string of the molecule is CCCCCCCCCCS(=O)(=O)OCCCCCCC1CO1. The molecule has 0 bridgehead atoms. The lowest BCUT2D eigenvalue weighted by Crippen LogP contribution is -2.11. The summed E-state index contributed by atoms with van der Waals surface area (Å²) in [7, 11) is -3.30. The first-order chi connectivity index (χ1) is 11.1. The maximum absolute atomic E-state index is 11.8. The minimum atomic E-state index is -3.30. The Kier molecular flexibility index (Phi) is 12.0. The number of epoxide rings is 1. The van der Waals surface area contributed by atoms with E-state index in [1.54, 1.807) is 0 Å². The highest BCUT2D eigenvalue weighted by Crippen LogP contribution is 2.17. The highest BCUT2D eigenvalue weighted by molar-refractivity contribution is 7.86. The molecule has 0 saturated carbocycles. The fourth-order valence-corrected chi connectivity index (χ4v) is 3.77. The Labute approximate surface area is 143 Å². The van der Waals surface area contributed by atoms with Crippen LogP contribution in [0.2, 0.25) is 0 Å². The minimum absolute atomic E-state index is 0.182. The molecular formula is C18H36O4S. The van der Waals surface area contributed by atoms with Gasteiger partial charge in [-0.2, -0.15) is 8.42 Å². The maximum Gasteiger partial charge on any atom is 0.267 e. The number of ether oxygens (including phenoxy) is 1. The van der Waals surface area contributed by atoms with E-state index in [1.807, 2.05) is 0 Å². The van der Waals surface area contributed by atoms with Crippen molar-refractivity contribution in [1.29, 1.82) is 0 Å². The summed E-state index contributed by atoms with van der Waals surface area (Å²) < 4.78 is 33.7. The summed E-state index contributed by atoms with van der Waals surface area (Å²) >= 11 is 0. The summed E-state index contributed by atoms with van der Waals surface area (Å²) in [6.45, 7) is 3.49. The molecule has 5 heteroatoms. The first kappa shape index (κ1) is 20.9. The van der Waals surface area contributed by atoms with Crippen LogP contribution in [0.1, 0.15) is 90.4 Å². The van der Waals surface area contributed by atoms with Crippen LogP contribution < -0.4 is 0 Å². The quantitative estimate of drug-likeness (QED) is 0.215. The van der Waals surface area contributed by atoms with Crippen LogP contribution in [0.15, 0.2) is 0 Å². The van der Waals surface area contributed by atoms with Crippen LogP contribution in [0.4, 0.5) is 0 Å². The zero-order valence-corrected chi connectivity index (χ0v) is 15.7. The van der Waals surface area contributed by atoms with Gasteiger partial charge in [0.05, 0.1) is 25.1 Å². The number of unbranched alkanes of at least 4 members (excludes halogenated alkanes) is 10. The van der Waals surface area contributed by atoms with E-state index in [-0.39, 0.29) is 5.75 Å². The van der Waals surface area contributed by atoms with Crippen molar-refractivity contribution < 1.29 is 17.3 Å². The Morgan fingerprint density at radius 1 is 0.870 bits per heavy atom. The highest BCUT2D eigenvalue weighted by Gasteiger charge is 2.20. The molecule has 0 N–H and O–H groups in total. The van der Waals surface area contributed by atoms with Gasteiger partial charge in [-0.1, -0.05) is 71.1 Å². The normalized spacial score (nSPS) is 17.5. The van der Waals surface area contributed by atoms with Crippen molar-refractivity contribution in [2.24, 2.45) is 0 Å². The molecule has 4 nitrogen and oxygen atoms in total. The molecule has 0 aliphatic carbocycles. The predicted molar refractivity (Wildman–Crippen MR) is 95.2 cm³/mol. The van der Waals surface area contributed by atoms with Crippen molar-refractivity contribution in [1.82, 2.24) is 0 Å². The Balaban J connectivity index is 1.84. The van der Waals surface area contributed by atoms with Crippen molar-refractivity contribution in [3.63, 3.8) is 0 Å². The van der Waals surface area contributed by atoms with E-state index in [9.17, 15) is 8.42 Å². The van der Waals surface area contributed by atoms with E-state index in [4.69, 9.17) is 8.92 Å². The standard InChI is InChI=1S/C18H36O4S/c1-2-3-4-5-6-7-10-13-16-23(19,20)22-15-12-9-8-11-14-18-17-21-18/h18H,2-17H2,1H3. The predicted octanol–water partition coefficient (Wildman–Crippen LogP) is 4.82. The van der Waals surface area contributed by atoms with E-state index in [2.05, 4.69) is 6.92 Å². The third-order valence-electron chi connectivity index (χ3n) is 4.33. The molecule has 138 valence electrons. The zero-order valence-electron chi connectivity index (χ0n) is 14.9. The van der Waals surface area contributed by atoms with Crippen LogP contribution in [0.25, 0.3) is 0 Å². The van der Waals surface area contributed by atoms with Gasteiger partial charge in [-0.15, -0.1) is 0 Å². The van der Waals surface area contributed by atoms with Crippen LogP contribution in [0, 0.1) is 0 Å². The third kappa shape index (κ3) is 14.0. The molecule has 1 saturated heterocycles. The summed E-state index contributed by atoms with van der Waals surface area (Å²) in [4.78, 5) is 0. The molecule has 0 spiro atoms. The van der Waals surface area contributed by atoms with Gasteiger partial charge in [0.25, 0.3) is 10.1 Å². The molecule has 1 rings (SSSR count). The second kappa shape index (κ2) is 13.2. The summed E-state index contributed by atoms with van der Waals surface area (Å²) in [5, 5.41) is 0. The number of rotatable bonds is 17. The molecule has 0 aromatic heterocycles. The van der Waals surface area contributed by atoms with Gasteiger partial charge < -0.3 is 4.74 Å². The maximum atomic E-state index is 11.8. The number of hydrogen-bond acceptors (Lipinski definition) is 4. The molecular weight excluding hydrogens is 312 g/mol. The average molecular weight is 349 g/mol. The summed E-state index contributed by atoms with van der Waals surface area (Å²) in [5.74, 6) is 0.182. The molecule has 1 heterocycles. The largest absolute Gasteiger partial charge is 0.373 e.